The third-order valence-corrected chi connectivity index (χ3v) is 5.21. The van der Waals surface area contributed by atoms with Gasteiger partial charge in [0.1, 0.15) is 6.07 Å². The van der Waals surface area contributed by atoms with E-state index in [0.717, 1.165) is 57.8 Å². The van der Waals surface area contributed by atoms with Crippen molar-refractivity contribution in [1.82, 2.24) is 0 Å². The number of nitriles is 1. The van der Waals surface area contributed by atoms with Crippen LogP contribution in [0.3, 0.4) is 0 Å². The first-order chi connectivity index (χ1) is 13.0. The third kappa shape index (κ3) is 3.46. The summed E-state index contributed by atoms with van der Waals surface area (Å²) >= 11 is 0. The zero-order valence-electron chi connectivity index (χ0n) is 16.4. The summed E-state index contributed by atoms with van der Waals surface area (Å²) in [5.74, 6) is 0. The Labute approximate surface area is 161 Å². The van der Waals surface area contributed by atoms with Crippen LogP contribution < -0.4 is 5.73 Å². The van der Waals surface area contributed by atoms with Crippen molar-refractivity contribution in [3.8, 4) is 6.07 Å². The van der Waals surface area contributed by atoms with E-state index in [0.29, 0.717) is 6.54 Å². The first-order valence-electron chi connectivity index (χ1n) is 9.64. The van der Waals surface area contributed by atoms with Crippen molar-refractivity contribution in [2.45, 2.75) is 33.6 Å². The van der Waals surface area contributed by atoms with E-state index in [1.807, 2.05) is 36.4 Å². The normalized spacial score (nSPS) is 12.5. The molecule has 0 aliphatic heterocycles. The summed E-state index contributed by atoms with van der Waals surface area (Å²) in [7, 11) is 0. The molecule has 0 heterocycles. The van der Waals surface area contributed by atoms with Crippen LogP contribution in [0.5, 0.6) is 0 Å². The predicted octanol–water partition coefficient (Wildman–Crippen LogP) is 5.44. The summed E-state index contributed by atoms with van der Waals surface area (Å²) in [5, 5.41) is 13.9. The second kappa shape index (κ2) is 7.90. The lowest BCUT2D eigenvalue weighted by Crippen LogP contribution is -2.34. The van der Waals surface area contributed by atoms with Gasteiger partial charge in [-0.2, -0.15) is 5.26 Å². The minimum absolute atomic E-state index is 0.257. The molecule has 3 aromatic carbocycles. The summed E-state index contributed by atoms with van der Waals surface area (Å²) in [6.07, 6.45) is 2.16. The average Bonchev–Trinajstić information content (AvgIpc) is 2.70. The van der Waals surface area contributed by atoms with Crippen molar-refractivity contribution in [2.75, 3.05) is 13.1 Å². The van der Waals surface area contributed by atoms with Crippen molar-refractivity contribution in [1.29, 1.82) is 5.26 Å². The molecule has 3 rings (SSSR count). The highest BCUT2D eigenvalue weighted by Gasteiger charge is 2.28. The molecule has 0 aliphatic rings. The molecule has 0 saturated heterocycles. The van der Waals surface area contributed by atoms with E-state index in [2.05, 4.69) is 39.0 Å². The smallest absolute Gasteiger partial charge is 0.100 e. The molecule has 0 spiro atoms. The molecular formula is C24H27N3. The number of hydrogen-bond acceptors (Lipinski definition) is 3. The van der Waals surface area contributed by atoms with Crippen LogP contribution in [0.2, 0.25) is 0 Å². The molecule has 138 valence electrons. The molecule has 2 N–H and O–H groups in total. The van der Waals surface area contributed by atoms with Crippen LogP contribution in [0, 0.1) is 16.7 Å². The van der Waals surface area contributed by atoms with Crippen molar-refractivity contribution < 1.29 is 0 Å². The molecule has 0 amide bonds. The highest BCUT2D eigenvalue weighted by Crippen LogP contribution is 2.36. The van der Waals surface area contributed by atoms with E-state index in [4.69, 9.17) is 10.7 Å². The standard InChI is InChI=1S/C24H27N3/c1-4-5-14-27-23(24(2,3)16-26)22-19-12-8-6-10-17(19)21(15-25)18-11-7-9-13-20(18)22/h6-13H,4-5,14,16,26H2,1-3H3. The van der Waals surface area contributed by atoms with Gasteiger partial charge in [-0.05, 0) is 17.2 Å². The second-order valence-electron chi connectivity index (χ2n) is 7.62. The van der Waals surface area contributed by atoms with Crippen LogP contribution in [-0.4, -0.2) is 18.8 Å². The Bertz CT molecular complexity index is 982. The fourth-order valence-corrected chi connectivity index (χ4v) is 3.58. The maximum absolute atomic E-state index is 9.84. The van der Waals surface area contributed by atoms with E-state index in [-0.39, 0.29) is 5.41 Å². The van der Waals surface area contributed by atoms with Crippen LogP contribution in [0.15, 0.2) is 53.5 Å². The quantitative estimate of drug-likeness (QED) is 0.363. The summed E-state index contributed by atoms with van der Waals surface area (Å²) in [4.78, 5) is 5.04. The van der Waals surface area contributed by atoms with Gasteiger partial charge in [0.15, 0.2) is 0 Å². The number of nitrogens with two attached hydrogens (primary N) is 1. The molecule has 3 heteroatoms. The van der Waals surface area contributed by atoms with E-state index in [9.17, 15) is 5.26 Å². The number of nitrogens with zero attached hydrogens (tertiary/aromatic N) is 2. The lowest BCUT2D eigenvalue weighted by atomic mass is 9.79. The van der Waals surface area contributed by atoms with Gasteiger partial charge in [0.2, 0.25) is 0 Å². The minimum atomic E-state index is -0.257. The van der Waals surface area contributed by atoms with Gasteiger partial charge >= 0.3 is 0 Å². The van der Waals surface area contributed by atoms with E-state index in [1.165, 1.54) is 0 Å². The number of aliphatic imine (C=N–C) groups is 1. The van der Waals surface area contributed by atoms with Crippen LogP contribution in [0.4, 0.5) is 0 Å². The van der Waals surface area contributed by atoms with E-state index in [1.54, 1.807) is 0 Å². The summed E-state index contributed by atoms with van der Waals surface area (Å²) in [6, 6.07) is 18.7. The Morgan fingerprint density at radius 2 is 1.52 bits per heavy atom. The molecule has 0 aliphatic carbocycles. The number of hydrogen-bond donors (Lipinski definition) is 1. The molecule has 0 fully saturated rings. The minimum Gasteiger partial charge on any atom is -0.330 e. The van der Waals surface area contributed by atoms with Gasteiger partial charge in [0.25, 0.3) is 0 Å². The fraction of sp³-hybridized carbons (Fsp3) is 0.333. The van der Waals surface area contributed by atoms with Gasteiger partial charge in [-0.3, -0.25) is 4.99 Å². The molecule has 0 unspecified atom stereocenters. The monoisotopic (exact) mass is 357 g/mol. The number of fused-ring (bicyclic) bond motifs is 2. The summed E-state index contributed by atoms with van der Waals surface area (Å²) in [5.41, 5.74) is 8.78. The third-order valence-electron chi connectivity index (χ3n) is 5.21. The Morgan fingerprint density at radius 1 is 1.00 bits per heavy atom. The van der Waals surface area contributed by atoms with E-state index < -0.39 is 0 Å². The summed E-state index contributed by atoms with van der Waals surface area (Å²) in [6.45, 7) is 7.79. The lowest BCUT2D eigenvalue weighted by molar-refractivity contribution is 0.536. The van der Waals surface area contributed by atoms with Gasteiger partial charge in [0, 0.05) is 34.8 Å². The number of benzene rings is 3. The van der Waals surface area contributed by atoms with Gasteiger partial charge in [-0.25, -0.2) is 0 Å². The predicted molar refractivity (Wildman–Crippen MR) is 115 cm³/mol. The highest BCUT2D eigenvalue weighted by atomic mass is 14.8. The topological polar surface area (TPSA) is 62.2 Å². The van der Waals surface area contributed by atoms with Crippen LogP contribution in [0.25, 0.3) is 21.5 Å². The maximum atomic E-state index is 9.84. The zero-order valence-corrected chi connectivity index (χ0v) is 16.4. The van der Waals surface area contributed by atoms with Gasteiger partial charge in [-0.1, -0.05) is 75.7 Å². The van der Waals surface area contributed by atoms with Gasteiger partial charge < -0.3 is 5.73 Å². The molecule has 0 radical (unpaired) electrons. The molecule has 0 aromatic heterocycles. The second-order valence-corrected chi connectivity index (χ2v) is 7.62. The average molecular weight is 358 g/mol. The largest absolute Gasteiger partial charge is 0.330 e. The SMILES string of the molecule is CCCCN=C(c1c2ccccc2c(C#N)c2ccccc12)C(C)(C)CN. The highest BCUT2D eigenvalue weighted by molar-refractivity contribution is 6.24. The van der Waals surface area contributed by atoms with Crippen LogP contribution in [0.1, 0.15) is 44.7 Å². The molecular weight excluding hydrogens is 330 g/mol. The Hall–Kier alpha value is -2.70. The molecule has 3 nitrogen and oxygen atoms in total. The Balaban J connectivity index is 2.47. The fourth-order valence-electron chi connectivity index (χ4n) is 3.58. The first kappa shape index (κ1) is 19.1. The number of rotatable bonds is 6. The van der Waals surface area contributed by atoms with Crippen molar-refractivity contribution >= 4 is 27.3 Å². The zero-order chi connectivity index (χ0) is 19.4. The molecule has 0 saturated carbocycles. The summed E-state index contributed by atoms with van der Waals surface area (Å²) < 4.78 is 0. The molecule has 3 aromatic rings. The van der Waals surface area contributed by atoms with Gasteiger partial charge in [0.05, 0.1) is 11.3 Å². The first-order valence-corrected chi connectivity index (χ1v) is 9.64. The molecule has 0 atom stereocenters. The van der Waals surface area contributed by atoms with Crippen molar-refractivity contribution in [3.63, 3.8) is 0 Å². The molecule has 27 heavy (non-hydrogen) atoms. The number of unbranched alkanes of at least 4 members (excludes halogenated alkanes) is 1. The van der Waals surface area contributed by atoms with Gasteiger partial charge in [-0.15, -0.1) is 0 Å². The van der Waals surface area contributed by atoms with E-state index >= 15 is 0 Å². The van der Waals surface area contributed by atoms with Crippen LogP contribution in [-0.2, 0) is 0 Å². The van der Waals surface area contributed by atoms with Crippen molar-refractivity contribution in [2.24, 2.45) is 16.1 Å². The van der Waals surface area contributed by atoms with Crippen molar-refractivity contribution in [3.05, 3.63) is 59.7 Å². The maximum Gasteiger partial charge on any atom is 0.100 e. The Morgan fingerprint density at radius 3 is 1.96 bits per heavy atom. The lowest BCUT2D eigenvalue weighted by Gasteiger charge is -2.28. The van der Waals surface area contributed by atoms with Crippen LogP contribution >= 0.6 is 0 Å². The Kier molecular flexibility index (Phi) is 5.58. The molecule has 0 bridgehead atoms.